The van der Waals surface area contributed by atoms with Crippen molar-refractivity contribution in [3.8, 4) is 0 Å². The van der Waals surface area contributed by atoms with Crippen molar-refractivity contribution in [3.05, 3.63) is 28.2 Å². The number of nitrogens with one attached hydrogen (secondary N) is 1. The molecule has 0 bridgehead atoms. The Balaban J connectivity index is 2.15. The largest absolute Gasteiger partial charge is 0.309 e. The van der Waals surface area contributed by atoms with Crippen molar-refractivity contribution in [2.75, 3.05) is 6.54 Å². The molecule has 1 unspecified atom stereocenters. The van der Waals surface area contributed by atoms with E-state index in [1.807, 2.05) is 17.2 Å². The van der Waals surface area contributed by atoms with Gasteiger partial charge in [0.25, 0.3) is 0 Å². The maximum absolute atomic E-state index is 4.33. The number of rotatable bonds is 6. The fourth-order valence-electron chi connectivity index (χ4n) is 1.91. The molecule has 1 N–H and O–H groups in total. The molecule has 0 aliphatic carbocycles. The van der Waals surface area contributed by atoms with Crippen LogP contribution in [0, 0.1) is 6.92 Å². The van der Waals surface area contributed by atoms with E-state index in [9.17, 15) is 0 Å². The smallest absolute Gasteiger partial charge is 0.138 e. The molecule has 1 atom stereocenters. The lowest BCUT2D eigenvalue weighted by molar-refractivity contribution is 0.510. The highest BCUT2D eigenvalue weighted by Crippen LogP contribution is 2.24. The van der Waals surface area contributed by atoms with E-state index in [4.69, 9.17) is 0 Å². The topological polar surface area (TPSA) is 55.6 Å². The minimum atomic E-state index is 0.278. The van der Waals surface area contributed by atoms with Gasteiger partial charge >= 0.3 is 0 Å². The van der Waals surface area contributed by atoms with Crippen molar-refractivity contribution in [1.29, 1.82) is 0 Å². The van der Waals surface area contributed by atoms with Crippen LogP contribution in [0.3, 0.4) is 0 Å². The first kappa shape index (κ1) is 13.2. The van der Waals surface area contributed by atoms with Gasteiger partial charge in [-0.1, -0.05) is 6.92 Å². The lowest BCUT2D eigenvalue weighted by Crippen LogP contribution is -2.25. The van der Waals surface area contributed by atoms with Crippen LogP contribution in [0.1, 0.15) is 35.8 Å². The van der Waals surface area contributed by atoms with E-state index in [2.05, 4.69) is 34.2 Å². The molecule has 18 heavy (non-hydrogen) atoms. The molecule has 0 radical (unpaired) electrons. The number of hydrogen-bond acceptors (Lipinski definition) is 5. The van der Waals surface area contributed by atoms with E-state index >= 15 is 0 Å². The summed E-state index contributed by atoms with van der Waals surface area (Å²) in [5, 5.41) is 7.69. The minimum absolute atomic E-state index is 0.278. The van der Waals surface area contributed by atoms with Crippen LogP contribution < -0.4 is 5.32 Å². The van der Waals surface area contributed by atoms with Gasteiger partial charge in [0, 0.05) is 18.3 Å². The highest BCUT2D eigenvalue weighted by molar-refractivity contribution is 7.09. The molecule has 0 aliphatic rings. The molecule has 0 aromatic carbocycles. The van der Waals surface area contributed by atoms with Gasteiger partial charge in [-0.05, 0) is 19.9 Å². The molecule has 2 aromatic heterocycles. The Kier molecular flexibility index (Phi) is 4.43. The van der Waals surface area contributed by atoms with Gasteiger partial charge in [-0.25, -0.2) is 9.97 Å². The van der Waals surface area contributed by atoms with E-state index in [-0.39, 0.29) is 6.04 Å². The standard InChI is InChI=1S/C12H19N5S/c1-4-5-13-10(12-9(2)15-8-18-12)6-11-14-7-16-17(11)3/h7-8,10,13H,4-6H2,1-3H3. The van der Waals surface area contributed by atoms with E-state index in [1.54, 1.807) is 17.7 Å². The van der Waals surface area contributed by atoms with Crippen molar-refractivity contribution < 1.29 is 0 Å². The zero-order chi connectivity index (χ0) is 13.0. The van der Waals surface area contributed by atoms with Crippen molar-refractivity contribution in [3.63, 3.8) is 0 Å². The highest BCUT2D eigenvalue weighted by Gasteiger charge is 2.18. The zero-order valence-corrected chi connectivity index (χ0v) is 11.9. The van der Waals surface area contributed by atoms with Crippen molar-refractivity contribution in [2.45, 2.75) is 32.7 Å². The Labute approximate surface area is 111 Å². The SMILES string of the molecule is CCCNC(Cc1ncnn1C)c1scnc1C. The Morgan fingerprint density at radius 3 is 2.83 bits per heavy atom. The van der Waals surface area contributed by atoms with Crippen LogP contribution in [0.2, 0.25) is 0 Å². The second kappa shape index (κ2) is 6.06. The van der Waals surface area contributed by atoms with Crippen LogP contribution >= 0.6 is 11.3 Å². The van der Waals surface area contributed by atoms with Crippen molar-refractivity contribution in [1.82, 2.24) is 25.1 Å². The summed E-state index contributed by atoms with van der Waals surface area (Å²) in [6.45, 7) is 5.23. The first-order valence-corrected chi connectivity index (χ1v) is 7.06. The molecule has 0 fully saturated rings. The van der Waals surface area contributed by atoms with Gasteiger partial charge < -0.3 is 5.32 Å². The molecule has 2 aromatic rings. The first-order valence-electron chi connectivity index (χ1n) is 6.18. The quantitative estimate of drug-likeness (QED) is 0.866. The molecule has 98 valence electrons. The van der Waals surface area contributed by atoms with Crippen LogP contribution in [-0.4, -0.2) is 26.3 Å². The Morgan fingerprint density at radius 1 is 1.44 bits per heavy atom. The van der Waals surface area contributed by atoms with Crippen LogP contribution in [0.5, 0.6) is 0 Å². The van der Waals surface area contributed by atoms with Gasteiger partial charge in [-0.2, -0.15) is 5.10 Å². The number of nitrogens with zero attached hydrogens (tertiary/aromatic N) is 4. The maximum atomic E-state index is 4.33. The van der Waals surface area contributed by atoms with Gasteiger partial charge in [0.15, 0.2) is 0 Å². The molecule has 2 rings (SSSR count). The summed E-state index contributed by atoms with van der Waals surface area (Å²) in [5.74, 6) is 0.997. The molecule has 2 heterocycles. The van der Waals surface area contributed by atoms with Gasteiger partial charge in [0.05, 0.1) is 17.2 Å². The molecular weight excluding hydrogens is 246 g/mol. The molecule has 0 spiro atoms. The molecule has 0 saturated heterocycles. The second-order valence-electron chi connectivity index (χ2n) is 4.31. The molecule has 0 saturated carbocycles. The molecular formula is C12H19N5S. The van der Waals surface area contributed by atoms with Crippen molar-refractivity contribution >= 4 is 11.3 Å². The Morgan fingerprint density at radius 2 is 2.28 bits per heavy atom. The fraction of sp³-hybridized carbons (Fsp3) is 0.583. The molecule has 6 heteroatoms. The zero-order valence-electron chi connectivity index (χ0n) is 11.1. The minimum Gasteiger partial charge on any atom is -0.309 e. The second-order valence-corrected chi connectivity index (χ2v) is 5.20. The van der Waals surface area contributed by atoms with Gasteiger partial charge in [-0.15, -0.1) is 11.3 Å². The normalized spacial score (nSPS) is 12.8. The van der Waals surface area contributed by atoms with Crippen molar-refractivity contribution in [2.24, 2.45) is 7.05 Å². The average Bonchev–Trinajstić information content (AvgIpc) is 2.94. The van der Waals surface area contributed by atoms with Crippen LogP contribution in [0.15, 0.2) is 11.8 Å². The third-order valence-corrected chi connectivity index (χ3v) is 3.98. The Hall–Kier alpha value is -1.27. The van der Waals surface area contributed by atoms with Gasteiger partial charge in [0.1, 0.15) is 12.2 Å². The van der Waals surface area contributed by atoms with E-state index in [0.717, 1.165) is 30.9 Å². The lowest BCUT2D eigenvalue weighted by atomic mass is 10.1. The third kappa shape index (κ3) is 2.94. The van der Waals surface area contributed by atoms with E-state index in [1.165, 1.54) is 4.88 Å². The molecule has 0 aliphatic heterocycles. The summed E-state index contributed by atoms with van der Waals surface area (Å²) in [7, 11) is 1.93. The third-order valence-electron chi connectivity index (χ3n) is 2.93. The van der Waals surface area contributed by atoms with Gasteiger partial charge in [0.2, 0.25) is 0 Å². The predicted molar refractivity (Wildman–Crippen MR) is 72.6 cm³/mol. The van der Waals surface area contributed by atoms with Crippen LogP contribution in [0.25, 0.3) is 0 Å². The summed E-state index contributed by atoms with van der Waals surface area (Å²) < 4.78 is 1.83. The van der Waals surface area contributed by atoms with E-state index < -0.39 is 0 Å². The number of hydrogen-bond donors (Lipinski definition) is 1. The van der Waals surface area contributed by atoms with E-state index in [0.29, 0.717) is 0 Å². The van der Waals surface area contributed by atoms with Gasteiger partial charge in [-0.3, -0.25) is 4.68 Å². The molecule has 0 amide bonds. The molecule has 5 nitrogen and oxygen atoms in total. The lowest BCUT2D eigenvalue weighted by Gasteiger charge is -2.17. The van der Waals surface area contributed by atoms with Crippen LogP contribution in [0.4, 0.5) is 0 Å². The summed E-state index contributed by atoms with van der Waals surface area (Å²) >= 11 is 1.70. The number of thiazole rings is 1. The predicted octanol–water partition coefficient (Wildman–Crippen LogP) is 1.86. The Bertz CT molecular complexity index is 490. The summed E-state index contributed by atoms with van der Waals surface area (Å²) in [5.41, 5.74) is 3.01. The maximum Gasteiger partial charge on any atom is 0.138 e. The monoisotopic (exact) mass is 265 g/mol. The summed E-state index contributed by atoms with van der Waals surface area (Å²) in [6.07, 6.45) is 3.57. The highest BCUT2D eigenvalue weighted by atomic mass is 32.1. The summed E-state index contributed by atoms with van der Waals surface area (Å²) in [6, 6.07) is 0.278. The fourth-order valence-corrected chi connectivity index (χ4v) is 2.79. The summed E-state index contributed by atoms with van der Waals surface area (Å²) in [4.78, 5) is 9.93. The first-order chi connectivity index (χ1) is 8.72. The average molecular weight is 265 g/mol. The number of aryl methyl sites for hydroxylation is 2. The van der Waals surface area contributed by atoms with Crippen LogP contribution in [-0.2, 0) is 13.5 Å². The number of aromatic nitrogens is 4.